The highest BCUT2D eigenvalue weighted by atomic mass is 79.9. The average Bonchev–Trinajstić information content (AvgIpc) is 2.94. The van der Waals surface area contributed by atoms with Crippen molar-refractivity contribution in [2.24, 2.45) is 5.73 Å². The predicted molar refractivity (Wildman–Crippen MR) is 88.3 cm³/mol. The third-order valence-corrected chi connectivity index (χ3v) is 4.07. The van der Waals surface area contributed by atoms with E-state index in [1.54, 1.807) is 0 Å². The fourth-order valence-corrected chi connectivity index (χ4v) is 2.63. The maximum absolute atomic E-state index is 6.07. The van der Waals surface area contributed by atoms with Crippen LogP contribution in [0.15, 0.2) is 35.1 Å². The van der Waals surface area contributed by atoms with Crippen LogP contribution in [-0.4, -0.2) is 15.8 Å². The predicted octanol–water partition coefficient (Wildman–Crippen LogP) is 3.52. The van der Waals surface area contributed by atoms with Gasteiger partial charge in [-0.25, -0.2) is 0 Å². The molecule has 0 amide bonds. The number of halogens is 1. The number of aromatic nitrogens is 2. The number of aryl methyl sites for hydroxylation is 1. The Morgan fingerprint density at radius 3 is 2.86 bits per heavy atom. The Balaban J connectivity index is 2.10. The molecule has 114 valence electrons. The Kier molecular flexibility index (Phi) is 5.82. The van der Waals surface area contributed by atoms with E-state index in [4.69, 9.17) is 10.5 Å². The Morgan fingerprint density at radius 1 is 1.38 bits per heavy atom. The maximum atomic E-state index is 6.07. The van der Waals surface area contributed by atoms with Crippen molar-refractivity contribution in [3.63, 3.8) is 0 Å². The fourth-order valence-electron chi connectivity index (χ4n) is 2.11. The third kappa shape index (κ3) is 4.32. The number of ether oxygens (including phenoxy) is 1. The highest BCUT2D eigenvalue weighted by Crippen LogP contribution is 2.30. The lowest BCUT2D eigenvalue weighted by Gasteiger charge is -2.15. The lowest BCUT2D eigenvalue weighted by atomic mass is 10.0. The van der Waals surface area contributed by atoms with Crippen LogP contribution in [0.1, 0.15) is 31.4 Å². The summed E-state index contributed by atoms with van der Waals surface area (Å²) in [6.07, 6.45) is 5.63. The zero-order valence-electron chi connectivity index (χ0n) is 12.6. The van der Waals surface area contributed by atoms with Crippen molar-refractivity contribution in [3.05, 3.63) is 46.2 Å². The molecule has 2 aromatic rings. The molecule has 2 N–H and O–H groups in total. The van der Waals surface area contributed by atoms with Gasteiger partial charge in [-0.1, -0.05) is 19.1 Å². The monoisotopic (exact) mass is 351 g/mol. The van der Waals surface area contributed by atoms with Crippen LogP contribution < -0.4 is 10.5 Å². The summed E-state index contributed by atoms with van der Waals surface area (Å²) in [6, 6.07) is 6.24. The van der Waals surface area contributed by atoms with Gasteiger partial charge in [-0.3, -0.25) is 4.68 Å². The van der Waals surface area contributed by atoms with Gasteiger partial charge in [0.1, 0.15) is 12.4 Å². The van der Waals surface area contributed by atoms with Crippen LogP contribution in [0.2, 0.25) is 0 Å². The molecule has 5 heteroatoms. The minimum absolute atomic E-state index is 0.157. The van der Waals surface area contributed by atoms with Crippen molar-refractivity contribution < 1.29 is 4.74 Å². The van der Waals surface area contributed by atoms with Gasteiger partial charge < -0.3 is 10.5 Å². The zero-order valence-corrected chi connectivity index (χ0v) is 14.1. The van der Waals surface area contributed by atoms with Gasteiger partial charge >= 0.3 is 0 Å². The van der Waals surface area contributed by atoms with Crippen molar-refractivity contribution in [2.75, 3.05) is 0 Å². The van der Waals surface area contributed by atoms with Gasteiger partial charge in [0.15, 0.2) is 0 Å². The summed E-state index contributed by atoms with van der Waals surface area (Å²) in [4.78, 5) is 0. The quantitative estimate of drug-likeness (QED) is 0.830. The van der Waals surface area contributed by atoms with Gasteiger partial charge in [-0.2, -0.15) is 5.10 Å². The van der Waals surface area contributed by atoms with Gasteiger partial charge in [0.2, 0.25) is 0 Å². The smallest absolute Gasteiger partial charge is 0.137 e. The van der Waals surface area contributed by atoms with E-state index in [0.717, 1.165) is 40.7 Å². The van der Waals surface area contributed by atoms with Crippen LogP contribution in [-0.2, 0) is 19.6 Å². The molecule has 0 saturated heterocycles. The summed E-state index contributed by atoms with van der Waals surface area (Å²) >= 11 is 3.56. The standard InChI is InChI=1S/C16H22BrN3O/c1-3-14(18)8-13-6-5-7-15(17)16(13)21-11-12-9-19-20(4-2)10-12/h5-7,9-10,14H,3-4,8,11,18H2,1-2H3. The molecule has 0 radical (unpaired) electrons. The van der Waals surface area contributed by atoms with E-state index in [2.05, 4.69) is 40.9 Å². The summed E-state index contributed by atoms with van der Waals surface area (Å²) in [5, 5.41) is 4.26. The van der Waals surface area contributed by atoms with E-state index in [1.165, 1.54) is 0 Å². The van der Waals surface area contributed by atoms with Crippen LogP contribution in [0.4, 0.5) is 0 Å². The van der Waals surface area contributed by atoms with Crippen molar-refractivity contribution in [1.29, 1.82) is 0 Å². The topological polar surface area (TPSA) is 53.1 Å². The number of hydrogen-bond acceptors (Lipinski definition) is 3. The molecule has 0 fully saturated rings. The van der Waals surface area contributed by atoms with Gasteiger partial charge in [-0.15, -0.1) is 0 Å². The average molecular weight is 352 g/mol. The van der Waals surface area contributed by atoms with Crippen LogP contribution in [0.5, 0.6) is 5.75 Å². The molecule has 1 atom stereocenters. The number of nitrogens with two attached hydrogens (primary N) is 1. The molecule has 0 aliphatic rings. The van der Waals surface area contributed by atoms with E-state index in [-0.39, 0.29) is 6.04 Å². The van der Waals surface area contributed by atoms with Crippen LogP contribution >= 0.6 is 15.9 Å². The number of hydrogen-bond donors (Lipinski definition) is 1. The number of para-hydroxylation sites is 1. The lowest BCUT2D eigenvalue weighted by molar-refractivity contribution is 0.300. The molecule has 21 heavy (non-hydrogen) atoms. The number of rotatable bonds is 7. The minimum Gasteiger partial charge on any atom is -0.487 e. The Labute approximate surface area is 134 Å². The number of benzene rings is 1. The normalized spacial score (nSPS) is 12.4. The molecule has 1 unspecified atom stereocenters. The van der Waals surface area contributed by atoms with Crippen LogP contribution in [0, 0.1) is 0 Å². The van der Waals surface area contributed by atoms with Gasteiger partial charge in [0.25, 0.3) is 0 Å². The first-order chi connectivity index (χ1) is 10.1. The molecule has 2 rings (SSSR count). The molecule has 4 nitrogen and oxygen atoms in total. The van der Waals surface area contributed by atoms with Gasteiger partial charge in [-0.05, 0) is 47.3 Å². The third-order valence-electron chi connectivity index (χ3n) is 3.45. The second-order valence-corrected chi connectivity index (χ2v) is 5.95. The van der Waals surface area contributed by atoms with E-state index >= 15 is 0 Å². The van der Waals surface area contributed by atoms with Crippen LogP contribution in [0.25, 0.3) is 0 Å². The molecule has 0 spiro atoms. The van der Waals surface area contributed by atoms with Crippen molar-refractivity contribution in [3.8, 4) is 5.75 Å². The summed E-state index contributed by atoms with van der Waals surface area (Å²) in [7, 11) is 0. The molecule has 0 saturated carbocycles. The minimum atomic E-state index is 0.157. The zero-order chi connectivity index (χ0) is 15.2. The molecular formula is C16H22BrN3O. The molecular weight excluding hydrogens is 330 g/mol. The second-order valence-electron chi connectivity index (χ2n) is 5.09. The molecule has 1 aromatic heterocycles. The first-order valence-electron chi connectivity index (χ1n) is 7.31. The maximum Gasteiger partial charge on any atom is 0.137 e. The summed E-state index contributed by atoms with van der Waals surface area (Å²) < 4.78 is 8.86. The van der Waals surface area contributed by atoms with Gasteiger partial charge in [0, 0.05) is 24.3 Å². The first kappa shape index (κ1) is 16.0. The van der Waals surface area contributed by atoms with E-state index in [0.29, 0.717) is 6.61 Å². The van der Waals surface area contributed by atoms with E-state index in [9.17, 15) is 0 Å². The van der Waals surface area contributed by atoms with Crippen LogP contribution in [0.3, 0.4) is 0 Å². The Morgan fingerprint density at radius 2 is 2.19 bits per heavy atom. The fraction of sp³-hybridized carbons (Fsp3) is 0.438. The largest absolute Gasteiger partial charge is 0.487 e. The second kappa shape index (κ2) is 7.61. The highest BCUT2D eigenvalue weighted by Gasteiger charge is 2.11. The van der Waals surface area contributed by atoms with Crippen molar-refractivity contribution in [2.45, 2.75) is 45.9 Å². The molecule has 1 heterocycles. The molecule has 1 aromatic carbocycles. The van der Waals surface area contributed by atoms with Crippen molar-refractivity contribution >= 4 is 15.9 Å². The highest BCUT2D eigenvalue weighted by molar-refractivity contribution is 9.10. The van der Waals surface area contributed by atoms with E-state index in [1.807, 2.05) is 29.2 Å². The SMILES string of the molecule is CCC(N)Cc1cccc(Br)c1OCc1cnn(CC)c1. The summed E-state index contributed by atoms with van der Waals surface area (Å²) in [5.74, 6) is 0.880. The Hall–Kier alpha value is -1.33. The summed E-state index contributed by atoms with van der Waals surface area (Å²) in [5.41, 5.74) is 8.28. The molecule has 0 aliphatic carbocycles. The Bertz CT molecular complexity index is 583. The van der Waals surface area contributed by atoms with Gasteiger partial charge in [0.05, 0.1) is 10.7 Å². The number of nitrogens with zero attached hydrogens (tertiary/aromatic N) is 2. The van der Waals surface area contributed by atoms with Crippen molar-refractivity contribution in [1.82, 2.24) is 9.78 Å². The first-order valence-corrected chi connectivity index (χ1v) is 8.10. The van der Waals surface area contributed by atoms with E-state index < -0.39 is 0 Å². The molecule has 0 bridgehead atoms. The molecule has 0 aliphatic heterocycles. The summed E-state index contributed by atoms with van der Waals surface area (Å²) in [6.45, 7) is 5.54. The lowest BCUT2D eigenvalue weighted by Crippen LogP contribution is -2.21.